The average molecular weight is 327 g/mol. The molecule has 0 spiro atoms. The van der Waals surface area contributed by atoms with Crippen LogP contribution in [-0.4, -0.2) is 28.1 Å². The van der Waals surface area contributed by atoms with E-state index in [1.165, 1.54) is 6.92 Å². The number of rotatable bonds is 3. The number of hydrogen-bond acceptors (Lipinski definition) is 4. The summed E-state index contributed by atoms with van der Waals surface area (Å²) in [7, 11) is 1.86. The molecule has 7 heteroatoms. The van der Waals surface area contributed by atoms with Gasteiger partial charge in [-0.15, -0.1) is 0 Å². The van der Waals surface area contributed by atoms with Gasteiger partial charge < -0.3 is 16.0 Å². The molecular formula is C17H21N5O2. The van der Waals surface area contributed by atoms with E-state index in [1.807, 2.05) is 20.0 Å². The molecule has 2 aromatic rings. The van der Waals surface area contributed by atoms with Crippen molar-refractivity contribution in [3.8, 4) is 0 Å². The lowest BCUT2D eigenvalue weighted by molar-refractivity contribution is -0.114. The largest absolute Gasteiger partial charge is 0.326 e. The summed E-state index contributed by atoms with van der Waals surface area (Å²) < 4.78 is 1.78. The molecule has 0 radical (unpaired) electrons. The number of aryl methyl sites for hydroxylation is 2. The maximum atomic E-state index is 12.7. The van der Waals surface area contributed by atoms with E-state index in [1.54, 1.807) is 16.8 Å². The zero-order valence-electron chi connectivity index (χ0n) is 14.1. The summed E-state index contributed by atoms with van der Waals surface area (Å²) in [4.78, 5) is 23.9. The minimum Gasteiger partial charge on any atom is -0.326 e. The summed E-state index contributed by atoms with van der Waals surface area (Å²) in [6, 6.07) is 5.41. The molecule has 2 heterocycles. The Morgan fingerprint density at radius 3 is 2.83 bits per heavy atom. The summed E-state index contributed by atoms with van der Waals surface area (Å²) in [5.41, 5.74) is 4.73. The molecule has 0 unspecified atom stereocenters. The lowest BCUT2D eigenvalue weighted by atomic mass is 10.1. The van der Waals surface area contributed by atoms with E-state index < -0.39 is 0 Å². The molecular weight excluding hydrogens is 306 g/mol. The molecule has 0 fully saturated rings. The number of amides is 2. The zero-order chi connectivity index (χ0) is 17.3. The second-order valence-corrected chi connectivity index (χ2v) is 5.99. The van der Waals surface area contributed by atoms with Crippen LogP contribution < -0.4 is 16.0 Å². The van der Waals surface area contributed by atoms with Crippen molar-refractivity contribution in [1.29, 1.82) is 0 Å². The first-order chi connectivity index (χ1) is 11.5. The molecule has 7 nitrogen and oxygen atoms in total. The predicted octanol–water partition coefficient (Wildman–Crippen LogP) is 1.58. The molecule has 0 bridgehead atoms. The molecule has 24 heavy (non-hydrogen) atoms. The maximum Gasteiger partial charge on any atom is 0.276 e. The van der Waals surface area contributed by atoms with Gasteiger partial charge >= 0.3 is 0 Å². The third kappa shape index (κ3) is 3.16. The highest BCUT2D eigenvalue weighted by molar-refractivity contribution is 6.05. The van der Waals surface area contributed by atoms with Gasteiger partial charge in [0.15, 0.2) is 5.69 Å². The number of benzene rings is 1. The zero-order valence-corrected chi connectivity index (χ0v) is 14.1. The molecule has 0 aliphatic carbocycles. The second kappa shape index (κ2) is 6.45. The fourth-order valence-corrected chi connectivity index (χ4v) is 2.92. The van der Waals surface area contributed by atoms with E-state index in [0.717, 1.165) is 29.8 Å². The van der Waals surface area contributed by atoms with E-state index >= 15 is 0 Å². The highest BCUT2D eigenvalue weighted by Gasteiger charge is 2.23. The van der Waals surface area contributed by atoms with Crippen LogP contribution in [0.25, 0.3) is 0 Å². The Balaban J connectivity index is 1.86. The first-order valence-corrected chi connectivity index (χ1v) is 7.90. The van der Waals surface area contributed by atoms with E-state index in [9.17, 15) is 9.59 Å². The molecule has 1 aliphatic heterocycles. The van der Waals surface area contributed by atoms with Gasteiger partial charge in [-0.05, 0) is 24.6 Å². The van der Waals surface area contributed by atoms with Crippen molar-refractivity contribution in [3.05, 3.63) is 40.7 Å². The third-order valence-electron chi connectivity index (χ3n) is 4.14. The van der Waals surface area contributed by atoms with Crippen molar-refractivity contribution >= 4 is 23.2 Å². The summed E-state index contributed by atoms with van der Waals surface area (Å²) in [5.74, 6) is -0.389. The number of anilines is 2. The van der Waals surface area contributed by atoms with Crippen LogP contribution in [0.15, 0.2) is 18.2 Å². The van der Waals surface area contributed by atoms with Gasteiger partial charge in [0.1, 0.15) is 0 Å². The Morgan fingerprint density at radius 2 is 2.08 bits per heavy atom. The minimum absolute atomic E-state index is 0.152. The standard InChI is InChI=1S/C17H21N5O2/c1-10-4-5-12(19-11(2)23)8-14(10)20-17(24)16-13-9-18-7-6-15(13)22(3)21-16/h4-5,8,18H,6-7,9H2,1-3H3,(H,19,23)(H,20,24). The van der Waals surface area contributed by atoms with Crippen LogP contribution in [0, 0.1) is 6.92 Å². The topological polar surface area (TPSA) is 88.1 Å². The van der Waals surface area contributed by atoms with Gasteiger partial charge in [0, 0.05) is 56.1 Å². The number of nitrogens with one attached hydrogen (secondary N) is 3. The number of carbonyl (C=O) groups excluding carboxylic acids is 2. The molecule has 3 rings (SSSR count). The van der Waals surface area contributed by atoms with E-state index in [-0.39, 0.29) is 11.8 Å². The van der Waals surface area contributed by atoms with E-state index in [2.05, 4.69) is 21.0 Å². The predicted molar refractivity (Wildman–Crippen MR) is 92.1 cm³/mol. The number of fused-ring (bicyclic) bond motifs is 1. The average Bonchev–Trinajstić information content (AvgIpc) is 2.88. The van der Waals surface area contributed by atoms with Crippen molar-refractivity contribution in [2.45, 2.75) is 26.8 Å². The van der Waals surface area contributed by atoms with Crippen molar-refractivity contribution in [2.24, 2.45) is 7.05 Å². The fraction of sp³-hybridized carbons (Fsp3) is 0.353. The first-order valence-electron chi connectivity index (χ1n) is 7.90. The van der Waals surface area contributed by atoms with Gasteiger partial charge in [0.05, 0.1) is 0 Å². The molecule has 0 atom stereocenters. The highest BCUT2D eigenvalue weighted by Crippen LogP contribution is 2.23. The SMILES string of the molecule is CC(=O)Nc1ccc(C)c(NC(=O)c2nn(C)c3c2CNCC3)c1. The number of carbonyl (C=O) groups is 2. The summed E-state index contributed by atoms with van der Waals surface area (Å²) >= 11 is 0. The number of aromatic nitrogens is 2. The molecule has 0 saturated carbocycles. The van der Waals surface area contributed by atoms with E-state index in [4.69, 9.17) is 0 Å². The van der Waals surface area contributed by atoms with Crippen LogP contribution in [0.4, 0.5) is 11.4 Å². The van der Waals surface area contributed by atoms with E-state index in [0.29, 0.717) is 23.6 Å². The van der Waals surface area contributed by atoms with Crippen molar-refractivity contribution in [2.75, 3.05) is 17.2 Å². The third-order valence-corrected chi connectivity index (χ3v) is 4.14. The Morgan fingerprint density at radius 1 is 1.29 bits per heavy atom. The van der Waals surface area contributed by atoms with Crippen LogP contribution in [0.1, 0.15) is 34.2 Å². The van der Waals surface area contributed by atoms with Gasteiger partial charge in [-0.2, -0.15) is 5.10 Å². The fourth-order valence-electron chi connectivity index (χ4n) is 2.92. The molecule has 2 amide bonds. The Bertz CT molecular complexity index is 810. The molecule has 3 N–H and O–H groups in total. The Labute approximate surface area is 140 Å². The maximum absolute atomic E-state index is 12.7. The molecule has 126 valence electrons. The van der Waals surface area contributed by atoms with Gasteiger partial charge in [-0.1, -0.05) is 6.07 Å². The Hall–Kier alpha value is -2.67. The molecule has 0 saturated heterocycles. The lowest BCUT2D eigenvalue weighted by Gasteiger charge is -2.14. The van der Waals surface area contributed by atoms with Crippen molar-refractivity contribution in [1.82, 2.24) is 15.1 Å². The van der Waals surface area contributed by atoms with Crippen LogP contribution in [0.2, 0.25) is 0 Å². The summed E-state index contributed by atoms with van der Waals surface area (Å²) in [6.07, 6.45) is 0.864. The lowest BCUT2D eigenvalue weighted by Crippen LogP contribution is -2.26. The molecule has 1 aliphatic rings. The van der Waals surface area contributed by atoms with Crippen molar-refractivity contribution < 1.29 is 9.59 Å². The van der Waals surface area contributed by atoms with Gasteiger partial charge in [0.25, 0.3) is 5.91 Å². The normalized spacial score (nSPS) is 13.3. The van der Waals surface area contributed by atoms with Crippen LogP contribution in [0.5, 0.6) is 0 Å². The summed E-state index contributed by atoms with van der Waals surface area (Å²) in [5, 5.41) is 13.3. The Kier molecular flexibility index (Phi) is 4.35. The second-order valence-electron chi connectivity index (χ2n) is 5.99. The smallest absolute Gasteiger partial charge is 0.276 e. The van der Waals surface area contributed by atoms with Crippen LogP contribution >= 0.6 is 0 Å². The first kappa shape index (κ1) is 16.2. The van der Waals surface area contributed by atoms with Crippen molar-refractivity contribution in [3.63, 3.8) is 0 Å². The number of nitrogens with zero attached hydrogens (tertiary/aromatic N) is 2. The quantitative estimate of drug-likeness (QED) is 0.799. The van der Waals surface area contributed by atoms with Gasteiger partial charge in [0.2, 0.25) is 5.91 Å². The van der Waals surface area contributed by atoms with Gasteiger partial charge in [-0.3, -0.25) is 14.3 Å². The minimum atomic E-state index is -0.237. The van der Waals surface area contributed by atoms with Gasteiger partial charge in [-0.25, -0.2) is 0 Å². The van der Waals surface area contributed by atoms with Crippen LogP contribution in [0.3, 0.4) is 0 Å². The molecule has 1 aromatic carbocycles. The monoisotopic (exact) mass is 327 g/mol. The highest BCUT2D eigenvalue weighted by atomic mass is 16.2. The molecule has 1 aromatic heterocycles. The number of hydrogen-bond donors (Lipinski definition) is 3. The summed E-state index contributed by atoms with van der Waals surface area (Å²) in [6.45, 7) is 4.90. The van der Waals surface area contributed by atoms with Crippen LogP contribution in [-0.2, 0) is 24.8 Å².